The summed E-state index contributed by atoms with van der Waals surface area (Å²) in [4.78, 5) is 11.8. The molecule has 0 saturated heterocycles. The molecule has 0 radical (unpaired) electrons. The predicted octanol–water partition coefficient (Wildman–Crippen LogP) is 4.39. The summed E-state index contributed by atoms with van der Waals surface area (Å²) < 4.78 is 32.5. The summed E-state index contributed by atoms with van der Waals surface area (Å²) in [5.41, 5.74) is 4.92. The molecule has 0 aliphatic heterocycles. The molecule has 0 aliphatic rings. The van der Waals surface area contributed by atoms with Crippen LogP contribution in [0.2, 0.25) is 0 Å². The monoisotopic (exact) mass is 340 g/mol. The van der Waals surface area contributed by atoms with Crippen LogP contribution in [0.1, 0.15) is 24.2 Å². The Balaban J connectivity index is 0.00000127. The number of methoxy groups -OCH3 is 1. The molecule has 0 unspecified atom stereocenters. The first-order valence-corrected chi connectivity index (χ1v) is 7.31. The van der Waals surface area contributed by atoms with E-state index >= 15 is 0 Å². The fourth-order valence-electron chi connectivity index (χ4n) is 1.74. The zero-order valence-corrected chi connectivity index (χ0v) is 13.9. The van der Waals surface area contributed by atoms with E-state index in [9.17, 15) is 13.6 Å². The number of carbonyl (C=O) groups is 1. The van der Waals surface area contributed by atoms with Crippen LogP contribution in [0.5, 0.6) is 0 Å². The number of halogens is 2. The molecule has 124 valence electrons. The molecule has 2 aromatic rings. The Hall–Kier alpha value is -2.28. The van der Waals surface area contributed by atoms with Gasteiger partial charge in [0.25, 0.3) is 0 Å². The first kappa shape index (κ1) is 18.8. The molecule has 0 heterocycles. The van der Waals surface area contributed by atoms with Crippen LogP contribution in [0.4, 0.5) is 25.8 Å². The number of rotatable bonds is 3. The van der Waals surface area contributed by atoms with Gasteiger partial charge in [0, 0.05) is 4.90 Å². The van der Waals surface area contributed by atoms with Crippen LogP contribution in [0, 0.1) is 11.6 Å². The Morgan fingerprint density at radius 2 is 1.87 bits per heavy atom. The summed E-state index contributed by atoms with van der Waals surface area (Å²) in [5, 5.41) is 2.53. The van der Waals surface area contributed by atoms with Gasteiger partial charge in [-0.1, -0.05) is 26.0 Å². The van der Waals surface area contributed by atoms with Crippen molar-refractivity contribution in [2.75, 3.05) is 18.2 Å². The van der Waals surface area contributed by atoms with E-state index in [0.717, 1.165) is 7.11 Å². The normalized spacial score (nSPS) is 9.65. The van der Waals surface area contributed by atoms with E-state index in [1.165, 1.54) is 24.3 Å². The standard InChI is InChI=1S/C14H12F2N2O2S.C2H6/c1-20-14(19)7-6-10(21)12(17)11(16)13(7)18-9-5-3-2-4-8(9)15;1-2/h2-6,18,21H,17H2,1H3;1-2H3. The van der Waals surface area contributed by atoms with Crippen molar-refractivity contribution >= 4 is 35.7 Å². The minimum Gasteiger partial charge on any atom is -0.465 e. The topological polar surface area (TPSA) is 64.3 Å². The summed E-state index contributed by atoms with van der Waals surface area (Å²) >= 11 is 3.99. The molecule has 0 atom stereocenters. The van der Waals surface area contributed by atoms with Crippen LogP contribution in [0.25, 0.3) is 0 Å². The van der Waals surface area contributed by atoms with Crippen LogP contribution in [0.3, 0.4) is 0 Å². The predicted molar refractivity (Wildman–Crippen MR) is 90.4 cm³/mol. The molecule has 0 spiro atoms. The van der Waals surface area contributed by atoms with Gasteiger partial charge in [0.1, 0.15) is 5.82 Å². The van der Waals surface area contributed by atoms with Crippen LogP contribution < -0.4 is 11.1 Å². The molecule has 4 nitrogen and oxygen atoms in total. The van der Waals surface area contributed by atoms with Gasteiger partial charge >= 0.3 is 5.97 Å². The molecule has 2 aromatic carbocycles. The molecule has 3 N–H and O–H groups in total. The minimum atomic E-state index is -0.897. The molecule has 0 saturated carbocycles. The Labute approximate surface area is 139 Å². The lowest BCUT2D eigenvalue weighted by molar-refractivity contribution is 0.0601. The number of benzene rings is 2. The van der Waals surface area contributed by atoms with Gasteiger partial charge < -0.3 is 15.8 Å². The minimum absolute atomic E-state index is 0.00728. The number of thiol groups is 1. The summed E-state index contributed by atoms with van der Waals surface area (Å²) in [6.07, 6.45) is 0. The van der Waals surface area contributed by atoms with Gasteiger partial charge in [0.05, 0.1) is 29.7 Å². The highest BCUT2D eigenvalue weighted by molar-refractivity contribution is 7.80. The van der Waals surface area contributed by atoms with Crippen LogP contribution in [0.15, 0.2) is 35.2 Å². The maximum absolute atomic E-state index is 14.3. The lowest BCUT2D eigenvalue weighted by Crippen LogP contribution is -2.10. The van der Waals surface area contributed by atoms with E-state index in [1.54, 1.807) is 6.07 Å². The number of nitrogen functional groups attached to an aromatic ring is 1. The molecule has 23 heavy (non-hydrogen) atoms. The van der Waals surface area contributed by atoms with E-state index in [1.807, 2.05) is 13.8 Å². The van der Waals surface area contributed by atoms with Crippen molar-refractivity contribution in [2.24, 2.45) is 0 Å². The highest BCUT2D eigenvalue weighted by atomic mass is 32.1. The zero-order valence-electron chi connectivity index (χ0n) is 13.0. The molecule has 0 fully saturated rings. The molecule has 0 aromatic heterocycles. The van der Waals surface area contributed by atoms with Crippen molar-refractivity contribution in [2.45, 2.75) is 18.7 Å². The number of nitrogens with one attached hydrogen (secondary N) is 1. The van der Waals surface area contributed by atoms with Crippen molar-refractivity contribution in [3.8, 4) is 0 Å². The summed E-state index contributed by atoms with van der Waals surface area (Å²) in [6.45, 7) is 4.00. The van der Waals surface area contributed by atoms with E-state index in [0.29, 0.717) is 0 Å². The van der Waals surface area contributed by atoms with E-state index in [2.05, 4.69) is 22.7 Å². The molecule has 2 rings (SSSR count). The van der Waals surface area contributed by atoms with E-state index < -0.39 is 17.6 Å². The smallest absolute Gasteiger partial charge is 0.340 e. The second kappa shape index (κ2) is 8.38. The van der Waals surface area contributed by atoms with Crippen molar-refractivity contribution in [1.82, 2.24) is 0 Å². The van der Waals surface area contributed by atoms with Crippen LogP contribution >= 0.6 is 12.6 Å². The highest BCUT2D eigenvalue weighted by Crippen LogP contribution is 2.33. The lowest BCUT2D eigenvalue weighted by atomic mass is 10.1. The number of ether oxygens (including phenoxy) is 1. The summed E-state index contributed by atoms with van der Waals surface area (Å²) in [7, 11) is 1.15. The number of hydrogen-bond donors (Lipinski definition) is 3. The van der Waals surface area contributed by atoms with E-state index in [4.69, 9.17) is 5.73 Å². The highest BCUT2D eigenvalue weighted by Gasteiger charge is 2.21. The molecule has 0 amide bonds. The van der Waals surface area contributed by atoms with Crippen molar-refractivity contribution in [1.29, 1.82) is 0 Å². The van der Waals surface area contributed by atoms with E-state index in [-0.39, 0.29) is 27.5 Å². The quantitative estimate of drug-likeness (QED) is 0.440. The number of anilines is 3. The average Bonchev–Trinajstić information content (AvgIpc) is 2.58. The third kappa shape index (κ3) is 4.13. The third-order valence-electron chi connectivity index (χ3n) is 2.82. The Morgan fingerprint density at radius 3 is 2.43 bits per heavy atom. The molecular weight excluding hydrogens is 322 g/mol. The maximum atomic E-state index is 14.3. The second-order valence-electron chi connectivity index (χ2n) is 4.14. The van der Waals surface area contributed by atoms with Crippen LogP contribution in [-0.2, 0) is 4.74 Å². The number of hydrogen-bond acceptors (Lipinski definition) is 5. The first-order valence-electron chi connectivity index (χ1n) is 6.86. The second-order valence-corrected chi connectivity index (χ2v) is 4.62. The van der Waals surface area contributed by atoms with Crippen molar-refractivity contribution < 1.29 is 18.3 Å². The average molecular weight is 340 g/mol. The summed E-state index contributed by atoms with van der Waals surface area (Å²) in [5.74, 6) is -2.28. The number of para-hydroxylation sites is 1. The zero-order chi connectivity index (χ0) is 17.6. The molecule has 0 aliphatic carbocycles. The first-order chi connectivity index (χ1) is 11.0. The van der Waals surface area contributed by atoms with Gasteiger partial charge in [0.2, 0.25) is 0 Å². The fourth-order valence-corrected chi connectivity index (χ4v) is 1.97. The SMILES string of the molecule is CC.COC(=O)c1cc(S)c(N)c(F)c1Nc1ccccc1F. The van der Waals surface area contributed by atoms with Gasteiger partial charge in [-0.15, -0.1) is 12.6 Å². The van der Waals surface area contributed by atoms with Crippen LogP contribution in [-0.4, -0.2) is 13.1 Å². The molecule has 0 bridgehead atoms. The van der Waals surface area contributed by atoms with Gasteiger partial charge in [-0.3, -0.25) is 0 Å². The lowest BCUT2D eigenvalue weighted by Gasteiger charge is -2.15. The van der Waals surface area contributed by atoms with Crippen molar-refractivity contribution in [3.05, 3.63) is 47.5 Å². The van der Waals surface area contributed by atoms with Crippen molar-refractivity contribution in [3.63, 3.8) is 0 Å². The van der Waals surface area contributed by atoms with Gasteiger partial charge in [-0.05, 0) is 18.2 Å². The third-order valence-corrected chi connectivity index (χ3v) is 3.19. The number of carbonyl (C=O) groups excluding carboxylic acids is 1. The Kier molecular flexibility index (Phi) is 6.84. The van der Waals surface area contributed by atoms with Gasteiger partial charge in [-0.25, -0.2) is 13.6 Å². The molecular formula is C16H18F2N2O2S. The van der Waals surface area contributed by atoms with Gasteiger partial charge in [0.15, 0.2) is 5.82 Å². The number of esters is 1. The molecule has 7 heteroatoms. The Bertz CT molecular complexity index is 709. The maximum Gasteiger partial charge on any atom is 0.340 e. The fraction of sp³-hybridized carbons (Fsp3) is 0.188. The summed E-state index contributed by atoms with van der Waals surface area (Å²) in [6, 6.07) is 6.92. The number of nitrogens with two attached hydrogens (primary N) is 1. The Morgan fingerprint density at radius 1 is 1.26 bits per heavy atom. The largest absolute Gasteiger partial charge is 0.465 e. The van der Waals surface area contributed by atoms with Gasteiger partial charge in [-0.2, -0.15) is 0 Å².